The van der Waals surface area contributed by atoms with E-state index in [4.69, 9.17) is 19.0 Å². The lowest BCUT2D eigenvalue weighted by atomic mass is 10.2. The molecule has 0 spiro atoms. The van der Waals surface area contributed by atoms with Gasteiger partial charge in [-0.1, -0.05) is 12.1 Å². The van der Waals surface area contributed by atoms with Gasteiger partial charge in [-0.2, -0.15) is 0 Å². The maximum atomic E-state index is 12.4. The third-order valence-electron chi connectivity index (χ3n) is 3.99. The summed E-state index contributed by atoms with van der Waals surface area (Å²) in [6.45, 7) is 3.01. The molecule has 158 valence electrons. The molecule has 1 heterocycles. The van der Waals surface area contributed by atoms with Gasteiger partial charge < -0.3 is 14.2 Å². The third-order valence-corrected chi connectivity index (χ3v) is 3.99. The van der Waals surface area contributed by atoms with Crippen molar-refractivity contribution in [2.75, 3.05) is 7.11 Å². The minimum Gasteiger partial charge on any atom is -0.426 e. The normalized spacial score (nSPS) is 10.2. The van der Waals surface area contributed by atoms with Gasteiger partial charge in [0, 0.05) is 18.6 Å². The van der Waals surface area contributed by atoms with Gasteiger partial charge in [0.25, 0.3) is 6.20 Å². The zero-order valence-corrected chi connectivity index (χ0v) is 17.0. The number of aromatic nitrogens is 2. The second kappa shape index (κ2) is 9.49. The highest BCUT2D eigenvalue weighted by atomic mass is 16.6. The number of para-hydroxylation sites is 1. The molecular weight excluding hydrogens is 404 g/mol. The molecule has 0 saturated heterocycles. The summed E-state index contributed by atoms with van der Waals surface area (Å²) < 4.78 is 17.0. The quantitative estimate of drug-likeness (QED) is 0.337. The molecule has 3 aromatic rings. The number of rotatable bonds is 6. The lowest BCUT2D eigenvalue weighted by molar-refractivity contribution is -0.890. The summed E-state index contributed by atoms with van der Waals surface area (Å²) in [5, 5.41) is 0. The number of ether oxygens (including phenoxy) is 3. The number of carbonyl (C=O) groups is 3. The minimum atomic E-state index is -0.699. The highest BCUT2D eigenvalue weighted by Crippen LogP contribution is 2.23. The van der Waals surface area contributed by atoms with Gasteiger partial charge in [0.1, 0.15) is 29.9 Å². The maximum Gasteiger partial charge on any atom is 0.368 e. The Labute approximate surface area is 177 Å². The number of benzene rings is 2. The largest absolute Gasteiger partial charge is 0.426 e. The highest BCUT2D eigenvalue weighted by molar-refractivity contribution is 5.94. The molecule has 0 bridgehead atoms. The first-order valence-electron chi connectivity index (χ1n) is 9.12. The van der Waals surface area contributed by atoms with Gasteiger partial charge in [-0.05, 0) is 36.4 Å². The summed E-state index contributed by atoms with van der Waals surface area (Å²) in [6.07, 6.45) is 2.89. The van der Waals surface area contributed by atoms with Crippen LogP contribution < -0.4 is 23.8 Å². The highest BCUT2D eigenvalue weighted by Gasteiger charge is 2.19. The molecule has 0 radical (unpaired) electrons. The van der Waals surface area contributed by atoms with E-state index >= 15 is 0 Å². The molecule has 0 aliphatic heterocycles. The molecule has 0 unspecified atom stereocenters. The van der Waals surface area contributed by atoms with Gasteiger partial charge in [-0.25, -0.2) is 14.6 Å². The van der Waals surface area contributed by atoms with Crippen molar-refractivity contribution in [3.8, 4) is 17.2 Å². The fraction of sp³-hybridized carbons (Fsp3) is 0.136. The van der Waals surface area contributed by atoms with Gasteiger partial charge in [0.15, 0.2) is 0 Å². The summed E-state index contributed by atoms with van der Waals surface area (Å²) in [5.74, 6) is -1.38. The van der Waals surface area contributed by atoms with Crippen LogP contribution in [0.1, 0.15) is 33.5 Å². The van der Waals surface area contributed by atoms with E-state index in [1.165, 1.54) is 67.6 Å². The molecule has 0 fully saturated rings. The standard InChI is InChI=1S/C22H19N2O7/c1-14-12-23-19(13-24(14)28-3)22(27)31-17-10-8-16(9-11-17)30-21(26)18-6-4-5-7-20(18)29-15(2)25/h4-13H,1-3H3/q+1. The zero-order valence-electron chi connectivity index (χ0n) is 17.0. The van der Waals surface area contributed by atoms with Crippen molar-refractivity contribution in [3.05, 3.63) is 77.9 Å². The molecule has 0 saturated carbocycles. The number of hydrogen-bond acceptors (Lipinski definition) is 8. The van der Waals surface area contributed by atoms with Crippen molar-refractivity contribution in [2.45, 2.75) is 13.8 Å². The third kappa shape index (κ3) is 5.41. The maximum absolute atomic E-state index is 12.4. The SMILES string of the molecule is CO[n+]1cc(C(=O)Oc2ccc(OC(=O)c3ccccc3OC(C)=O)cc2)ncc1C. The molecule has 31 heavy (non-hydrogen) atoms. The summed E-state index contributed by atoms with van der Waals surface area (Å²) in [6, 6.07) is 12.1. The number of hydrogen-bond donors (Lipinski definition) is 0. The Morgan fingerprint density at radius 1 is 0.871 bits per heavy atom. The molecular formula is C22H19N2O7+. The molecule has 0 aliphatic carbocycles. The zero-order chi connectivity index (χ0) is 22.4. The van der Waals surface area contributed by atoms with Crippen molar-refractivity contribution in [2.24, 2.45) is 0 Å². The van der Waals surface area contributed by atoms with Crippen LogP contribution in [-0.4, -0.2) is 30.0 Å². The van der Waals surface area contributed by atoms with E-state index in [-0.39, 0.29) is 28.5 Å². The predicted octanol–water partition coefficient (Wildman–Crippen LogP) is 2.10. The van der Waals surface area contributed by atoms with Crippen molar-refractivity contribution < 1.29 is 38.2 Å². The number of nitrogens with zero attached hydrogens (tertiary/aromatic N) is 2. The number of esters is 3. The van der Waals surface area contributed by atoms with E-state index in [1.807, 2.05) is 0 Å². The Kier molecular flexibility index (Phi) is 6.56. The van der Waals surface area contributed by atoms with Crippen molar-refractivity contribution in [1.29, 1.82) is 0 Å². The second-order valence-corrected chi connectivity index (χ2v) is 6.26. The average molecular weight is 423 g/mol. The van der Waals surface area contributed by atoms with Gasteiger partial charge >= 0.3 is 17.9 Å². The van der Waals surface area contributed by atoms with E-state index in [0.29, 0.717) is 5.69 Å². The molecule has 1 aromatic heterocycles. The van der Waals surface area contributed by atoms with Crippen LogP contribution in [0.2, 0.25) is 0 Å². The molecule has 0 amide bonds. The van der Waals surface area contributed by atoms with Gasteiger partial charge in [0.05, 0.1) is 6.20 Å². The summed E-state index contributed by atoms with van der Waals surface area (Å²) >= 11 is 0. The van der Waals surface area contributed by atoms with E-state index in [9.17, 15) is 14.4 Å². The van der Waals surface area contributed by atoms with Crippen molar-refractivity contribution in [3.63, 3.8) is 0 Å². The van der Waals surface area contributed by atoms with Crippen LogP contribution in [0, 0.1) is 6.92 Å². The van der Waals surface area contributed by atoms with Crippen LogP contribution in [0.25, 0.3) is 0 Å². The lowest BCUT2D eigenvalue weighted by Gasteiger charge is -2.09. The first-order valence-corrected chi connectivity index (χ1v) is 9.12. The number of aryl methyl sites for hydroxylation is 1. The van der Waals surface area contributed by atoms with Crippen LogP contribution in [0.4, 0.5) is 0 Å². The molecule has 9 nitrogen and oxygen atoms in total. The first kappa shape index (κ1) is 21.4. The van der Waals surface area contributed by atoms with Crippen LogP contribution in [0.5, 0.6) is 17.2 Å². The summed E-state index contributed by atoms with van der Waals surface area (Å²) in [5.41, 5.74) is 0.871. The Morgan fingerprint density at radius 2 is 1.48 bits per heavy atom. The average Bonchev–Trinajstić information content (AvgIpc) is 2.75. The fourth-order valence-corrected chi connectivity index (χ4v) is 2.54. The summed E-state index contributed by atoms with van der Waals surface area (Å²) in [7, 11) is 1.47. The number of carbonyl (C=O) groups excluding carboxylic acids is 3. The fourth-order valence-electron chi connectivity index (χ4n) is 2.54. The van der Waals surface area contributed by atoms with Gasteiger partial charge in [-0.15, -0.1) is 0 Å². The Morgan fingerprint density at radius 3 is 2.10 bits per heavy atom. The van der Waals surface area contributed by atoms with E-state index in [0.717, 1.165) is 0 Å². The van der Waals surface area contributed by atoms with E-state index in [1.54, 1.807) is 19.1 Å². The smallest absolute Gasteiger partial charge is 0.368 e. The molecule has 0 aliphatic rings. The first-order chi connectivity index (χ1) is 14.9. The van der Waals surface area contributed by atoms with Crippen molar-refractivity contribution in [1.82, 2.24) is 4.98 Å². The van der Waals surface area contributed by atoms with Gasteiger partial charge in [0.2, 0.25) is 11.4 Å². The predicted molar refractivity (Wildman–Crippen MR) is 106 cm³/mol. The monoisotopic (exact) mass is 423 g/mol. The van der Waals surface area contributed by atoms with Crippen molar-refractivity contribution >= 4 is 17.9 Å². The molecule has 3 rings (SSSR count). The Hall–Kier alpha value is -4.27. The topological polar surface area (TPSA) is 105 Å². The molecule has 2 aromatic carbocycles. The van der Waals surface area contributed by atoms with E-state index < -0.39 is 17.9 Å². The minimum absolute atomic E-state index is 0.0602. The molecule has 0 atom stereocenters. The second-order valence-electron chi connectivity index (χ2n) is 6.26. The van der Waals surface area contributed by atoms with Crippen LogP contribution >= 0.6 is 0 Å². The van der Waals surface area contributed by atoms with Crippen LogP contribution in [0.15, 0.2) is 60.9 Å². The Bertz CT molecular complexity index is 1130. The van der Waals surface area contributed by atoms with Gasteiger partial charge in [-0.3, -0.25) is 9.63 Å². The van der Waals surface area contributed by atoms with Crippen LogP contribution in [-0.2, 0) is 4.79 Å². The molecule has 0 N–H and O–H groups in total. The molecule has 9 heteroatoms. The lowest BCUT2D eigenvalue weighted by Crippen LogP contribution is -2.44. The van der Waals surface area contributed by atoms with Crippen LogP contribution in [0.3, 0.4) is 0 Å². The van der Waals surface area contributed by atoms with E-state index in [2.05, 4.69) is 4.98 Å². The Balaban J connectivity index is 1.67. The summed E-state index contributed by atoms with van der Waals surface area (Å²) in [4.78, 5) is 45.0.